The van der Waals surface area contributed by atoms with E-state index in [0.29, 0.717) is 0 Å². The summed E-state index contributed by atoms with van der Waals surface area (Å²) >= 11 is 0. The second-order valence-corrected chi connectivity index (χ2v) is 4.93. The van der Waals surface area contributed by atoms with Gasteiger partial charge >= 0.3 is 0 Å². The first kappa shape index (κ1) is 13.0. The van der Waals surface area contributed by atoms with Crippen LogP contribution in [0.5, 0.6) is 0 Å². The minimum atomic E-state index is -1.09. The summed E-state index contributed by atoms with van der Waals surface area (Å²) in [7, 11) is 0. The van der Waals surface area contributed by atoms with Gasteiger partial charge in [0.2, 0.25) is 0 Å². The molecule has 0 atom stereocenters. The summed E-state index contributed by atoms with van der Waals surface area (Å²) in [4.78, 5) is 0. The summed E-state index contributed by atoms with van der Waals surface area (Å²) in [5.74, 6) is 0.129. The van der Waals surface area contributed by atoms with Crippen LogP contribution in [0.15, 0.2) is 0 Å². The fourth-order valence-corrected chi connectivity index (χ4v) is 2.49. The van der Waals surface area contributed by atoms with E-state index in [-0.39, 0.29) is 5.92 Å². The summed E-state index contributed by atoms with van der Waals surface area (Å²) in [5, 5.41) is 18.5. The van der Waals surface area contributed by atoms with E-state index in [0.717, 1.165) is 12.8 Å². The molecule has 90 valence electrons. The lowest BCUT2D eigenvalue weighted by atomic mass is 9.92. The molecule has 0 aromatic heterocycles. The first-order valence-corrected chi connectivity index (χ1v) is 6.67. The predicted molar refractivity (Wildman–Crippen MR) is 62.5 cm³/mol. The van der Waals surface area contributed by atoms with Crippen LogP contribution >= 0.6 is 0 Å². The maximum absolute atomic E-state index is 9.24. The molecule has 0 bridgehead atoms. The van der Waals surface area contributed by atoms with Crippen LogP contribution in [-0.2, 0) is 0 Å². The Morgan fingerprint density at radius 3 is 1.27 bits per heavy atom. The predicted octanol–water partition coefficient (Wildman–Crippen LogP) is 3.22. The highest BCUT2D eigenvalue weighted by atomic mass is 16.5. The van der Waals surface area contributed by atoms with E-state index in [2.05, 4.69) is 0 Å². The Morgan fingerprint density at radius 1 is 0.600 bits per heavy atom. The Balaban J connectivity index is 2.25. The third-order valence-electron chi connectivity index (χ3n) is 3.57. The quantitative estimate of drug-likeness (QED) is 0.658. The van der Waals surface area contributed by atoms with Gasteiger partial charge in [-0.15, -0.1) is 0 Å². The molecule has 0 amide bonds. The molecule has 1 rings (SSSR count). The second kappa shape index (κ2) is 8.12. The van der Waals surface area contributed by atoms with Crippen molar-refractivity contribution in [1.82, 2.24) is 0 Å². The highest BCUT2D eigenvalue weighted by molar-refractivity contribution is 4.63. The van der Waals surface area contributed by atoms with Gasteiger partial charge < -0.3 is 10.2 Å². The van der Waals surface area contributed by atoms with Crippen molar-refractivity contribution in [2.24, 2.45) is 5.92 Å². The monoisotopic (exact) mass is 214 g/mol. The number of aliphatic hydroxyl groups is 2. The highest BCUT2D eigenvalue weighted by Gasteiger charge is 2.15. The maximum Gasteiger partial charge on any atom is 0.154 e. The number of aliphatic hydroxyl groups excluding tert-OH is 1. The molecule has 15 heavy (non-hydrogen) atoms. The molecule has 0 aromatic rings. The summed E-state index contributed by atoms with van der Waals surface area (Å²) in [6.07, 6.45) is 12.6. The molecule has 2 nitrogen and oxygen atoms in total. The van der Waals surface area contributed by atoms with Gasteiger partial charge in [-0.2, -0.15) is 0 Å². The van der Waals surface area contributed by atoms with E-state index in [1.807, 2.05) is 0 Å². The number of rotatable bonds is 1. The molecular weight excluding hydrogens is 188 g/mol. The molecule has 0 aliphatic heterocycles. The fourth-order valence-electron chi connectivity index (χ4n) is 2.49. The van der Waals surface area contributed by atoms with Crippen LogP contribution in [0.1, 0.15) is 70.6 Å². The maximum atomic E-state index is 9.24. The zero-order valence-electron chi connectivity index (χ0n) is 9.83. The molecule has 1 aliphatic rings. The molecule has 2 heteroatoms. The van der Waals surface area contributed by atoms with E-state index in [1.165, 1.54) is 57.8 Å². The van der Waals surface area contributed by atoms with Crippen LogP contribution in [0, 0.1) is 5.92 Å². The van der Waals surface area contributed by atoms with Crippen molar-refractivity contribution >= 4 is 0 Å². The molecule has 0 heterocycles. The highest BCUT2D eigenvalue weighted by Crippen LogP contribution is 2.22. The van der Waals surface area contributed by atoms with Gasteiger partial charge in [-0.05, 0) is 12.8 Å². The molecule has 0 unspecified atom stereocenters. The van der Waals surface area contributed by atoms with Gasteiger partial charge in [-0.1, -0.05) is 57.8 Å². The van der Waals surface area contributed by atoms with Gasteiger partial charge in [0.15, 0.2) is 6.29 Å². The Labute approximate surface area is 93.7 Å². The Kier molecular flexibility index (Phi) is 7.03. The summed E-state index contributed by atoms with van der Waals surface area (Å²) in [5.41, 5.74) is 0. The molecule has 0 saturated heterocycles. The average Bonchev–Trinajstić information content (AvgIpc) is 2.18. The molecule has 0 radical (unpaired) electrons. The van der Waals surface area contributed by atoms with Crippen molar-refractivity contribution < 1.29 is 10.2 Å². The third-order valence-corrected chi connectivity index (χ3v) is 3.57. The minimum absolute atomic E-state index is 0.129. The Hall–Kier alpha value is -0.0800. The van der Waals surface area contributed by atoms with Gasteiger partial charge in [-0.3, -0.25) is 0 Å². The van der Waals surface area contributed by atoms with Crippen LogP contribution in [0.4, 0.5) is 0 Å². The second-order valence-electron chi connectivity index (χ2n) is 4.93. The van der Waals surface area contributed by atoms with Gasteiger partial charge in [0.25, 0.3) is 0 Å². The van der Waals surface area contributed by atoms with Gasteiger partial charge in [-0.25, -0.2) is 0 Å². The van der Waals surface area contributed by atoms with Crippen molar-refractivity contribution in [3.63, 3.8) is 0 Å². The van der Waals surface area contributed by atoms with Crippen molar-refractivity contribution in [1.29, 1.82) is 0 Å². The third kappa shape index (κ3) is 6.16. The van der Waals surface area contributed by atoms with Crippen LogP contribution in [0.25, 0.3) is 0 Å². The summed E-state index contributed by atoms with van der Waals surface area (Å²) < 4.78 is 0. The van der Waals surface area contributed by atoms with E-state index >= 15 is 0 Å². The van der Waals surface area contributed by atoms with Crippen LogP contribution < -0.4 is 0 Å². The first-order chi connectivity index (χ1) is 7.30. The zero-order valence-corrected chi connectivity index (χ0v) is 9.83. The van der Waals surface area contributed by atoms with Crippen LogP contribution in [0.3, 0.4) is 0 Å². The van der Waals surface area contributed by atoms with E-state index in [4.69, 9.17) is 0 Å². The van der Waals surface area contributed by atoms with Gasteiger partial charge in [0, 0.05) is 5.92 Å². The normalized spacial score (nSPS) is 23.4. The largest absolute Gasteiger partial charge is 0.368 e. The SMILES string of the molecule is OC(O)C1CCCCCCCCCCC1. The lowest BCUT2D eigenvalue weighted by molar-refractivity contribution is -0.0890. The molecule has 1 aliphatic carbocycles. The molecular formula is C13H26O2. The first-order valence-electron chi connectivity index (χ1n) is 6.67. The molecule has 1 saturated carbocycles. The molecule has 0 aromatic carbocycles. The molecule has 2 N–H and O–H groups in total. The Morgan fingerprint density at radius 2 is 0.933 bits per heavy atom. The molecule has 1 fully saturated rings. The van der Waals surface area contributed by atoms with Crippen molar-refractivity contribution in [3.8, 4) is 0 Å². The molecule has 0 spiro atoms. The summed E-state index contributed by atoms with van der Waals surface area (Å²) in [6.45, 7) is 0. The topological polar surface area (TPSA) is 40.5 Å². The van der Waals surface area contributed by atoms with Crippen molar-refractivity contribution in [3.05, 3.63) is 0 Å². The zero-order chi connectivity index (χ0) is 10.9. The average molecular weight is 214 g/mol. The number of hydrogen-bond acceptors (Lipinski definition) is 2. The van der Waals surface area contributed by atoms with E-state index in [9.17, 15) is 10.2 Å². The lowest BCUT2D eigenvalue weighted by Gasteiger charge is -2.19. The van der Waals surface area contributed by atoms with E-state index < -0.39 is 6.29 Å². The lowest BCUT2D eigenvalue weighted by Crippen LogP contribution is -2.19. The smallest absolute Gasteiger partial charge is 0.154 e. The van der Waals surface area contributed by atoms with Crippen molar-refractivity contribution in [2.75, 3.05) is 0 Å². The van der Waals surface area contributed by atoms with Gasteiger partial charge in [0.1, 0.15) is 0 Å². The van der Waals surface area contributed by atoms with E-state index in [1.54, 1.807) is 0 Å². The Bertz CT molecular complexity index is 133. The van der Waals surface area contributed by atoms with Crippen LogP contribution in [-0.4, -0.2) is 16.5 Å². The van der Waals surface area contributed by atoms with Gasteiger partial charge in [0.05, 0.1) is 0 Å². The number of hydrogen-bond donors (Lipinski definition) is 2. The van der Waals surface area contributed by atoms with Crippen LogP contribution in [0.2, 0.25) is 0 Å². The minimum Gasteiger partial charge on any atom is -0.368 e. The standard InChI is InChI=1S/C13H26O2/c14-13(15)12-10-8-6-4-2-1-3-5-7-9-11-12/h12-15H,1-11H2. The van der Waals surface area contributed by atoms with Crippen molar-refractivity contribution in [2.45, 2.75) is 76.9 Å². The summed E-state index contributed by atoms with van der Waals surface area (Å²) in [6, 6.07) is 0. The fraction of sp³-hybridized carbons (Fsp3) is 1.00.